The quantitative estimate of drug-likeness (QED) is 0.0587. The first-order valence-corrected chi connectivity index (χ1v) is 21.3. The van der Waals surface area contributed by atoms with Gasteiger partial charge in [-0.3, -0.25) is 24.0 Å². The summed E-state index contributed by atoms with van der Waals surface area (Å²) in [6.07, 6.45) is 6.62. The van der Waals surface area contributed by atoms with Crippen molar-refractivity contribution in [2.75, 3.05) is 53.0 Å². The van der Waals surface area contributed by atoms with Gasteiger partial charge in [0.2, 0.25) is 23.6 Å². The number of hydrogen-bond acceptors (Lipinski definition) is 14. The summed E-state index contributed by atoms with van der Waals surface area (Å²) in [6.45, 7) is 6.03. The highest BCUT2D eigenvalue weighted by Gasteiger charge is 2.36. The van der Waals surface area contributed by atoms with E-state index in [0.717, 1.165) is 32.1 Å². The van der Waals surface area contributed by atoms with Crippen LogP contribution in [0.3, 0.4) is 0 Å². The molecule has 0 spiro atoms. The van der Waals surface area contributed by atoms with Crippen molar-refractivity contribution >= 4 is 29.5 Å². The fourth-order valence-electron chi connectivity index (χ4n) is 6.97. The fraction of sp³-hybridized carbons (Fsp3) is 0.500. The van der Waals surface area contributed by atoms with E-state index in [4.69, 9.17) is 36.7 Å². The number of aryl methyl sites for hydroxylation is 1. The molecule has 10 N–H and O–H groups in total. The number of unbranched alkanes of at least 4 members (excludes halogenated alkanes) is 4. The van der Waals surface area contributed by atoms with Crippen molar-refractivity contribution in [1.29, 1.82) is 5.26 Å². The summed E-state index contributed by atoms with van der Waals surface area (Å²) in [5.41, 5.74) is 19.9. The fourth-order valence-corrected chi connectivity index (χ4v) is 6.97. The molecule has 0 aliphatic carbocycles. The molecule has 19 nitrogen and oxygen atoms in total. The normalized spacial score (nSPS) is 16.6. The second-order valence-electron chi connectivity index (χ2n) is 15.1. The number of nitrogens with two attached hydrogens (primary N) is 3. The van der Waals surface area contributed by atoms with E-state index in [-0.39, 0.29) is 63.8 Å². The second-order valence-corrected chi connectivity index (χ2v) is 15.1. The van der Waals surface area contributed by atoms with Crippen LogP contribution in [0, 0.1) is 18.3 Å². The lowest BCUT2D eigenvalue weighted by atomic mass is 9.93. The number of likely N-dealkylation sites (N-methyl/N-ethyl adjacent to an activating group) is 1. The lowest BCUT2D eigenvalue weighted by Gasteiger charge is -2.32. The number of ether oxygens (including phenoxy) is 3. The zero-order valence-corrected chi connectivity index (χ0v) is 36.5. The first-order chi connectivity index (χ1) is 30.4. The molecule has 2 aromatic carbocycles. The smallest absolute Gasteiger partial charge is 0.316 e. The van der Waals surface area contributed by atoms with Gasteiger partial charge in [-0.1, -0.05) is 44.7 Å². The third-order valence-corrected chi connectivity index (χ3v) is 10.3. The van der Waals surface area contributed by atoms with Crippen LogP contribution in [-0.4, -0.2) is 116 Å². The molecule has 19 heteroatoms. The van der Waals surface area contributed by atoms with Crippen LogP contribution < -0.4 is 52.7 Å². The largest absolute Gasteiger partial charge is 0.492 e. The van der Waals surface area contributed by atoms with E-state index in [1.165, 1.54) is 25.1 Å². The predicted octanol–water partition coefficient (Wildman–Crippen LogP) is 1.31. The van der Waals surface area contributed by atoms with Gasteiger partial charge in [-0.05, 0) is 68.6 Å². The number of aromatic nitrogens is 2. The number of amides is 5. The van der Waals surface area contributed by atoms with Gasteiger partial charge < -0.3 is 57.6 Å². The average Bonchev–Trinajstić information content (AvgIpc) is 3.27. The molecule has 5 amide bonds. The SMILES string of the molecule is CCCCCCCOc1ncc(C(=O)N[C@@H](CCN)C(=O)N(C)[C@@H]2C(=O)N[C@@H](C)C(=O)N[C@H](C(=O)NCC#N)Cc3ccc(OCCN)c(c3)-c3cc2ccc3OCCN)c(C)n1. The van der Waals surface area contributed by atoms with E-state index in [1.54, 1.807) is 43.3 Å². The van der Waals surface area contributed by atoms with E-state index in [1.807, 2.05) is 6.07 Å². The van der Waals surface area contributed by atoms with Gasteiger partial charge in [0.15, 0.2) is 0 Å². The maximum atomic E-state index is 14.5. The van der Waals surface area contributed by atoms with E-state index < -0.39 is 53.7 Å². The maximum Gasteiger partial charge on any atom is 0.316 e. The van der Waals surface area contributed by atoms with Crippen LogP contribution in [0.25, 0.3) is 11.1 Å². The van der Waals surface area contributed by atoms with Crippen molar-refractivity contribution in [3.63, 3.8) is 0 Å². The Kier molecular flexibility index (Phi) is 19.5. The van der Waals surface area contributed by atoms with Gasteiger partial charge >= 0.3 is 6.01 Å². The molecule has 340 valence electrons. The molecule has 0 fully saturated rings. The Balaban J connectivity index is 1.76. The second kappa shape index (κ2) is 24.9. The maximum absolute atomic E-state index is 14.5. The molecule has 0 unspecified atom stereocenters. The number of benzene rings is 2. The summed E-state index contributed by atoms with van der Waals surface area (Å²) in [7, 11) is 1.41. The summed E-state index contributed by atoms with van der Waals surface area (Å²) in [5.74, 6) is -2.61. The highest BCUT2D eigenvalue weighted by molar-refractivity contribution is 5.99. The summed E-state index contributed by atoms with van der Waals surface area (Å²) in [4.78, 5) is 79.5. The van der Waals surface area contributed by atoms with E-state index >= 15 is 0 Å². The van der Waals surface area contributed by atoms with E-state index in [0.29, 0.717) is 46.1 Å². The van der Waals surface area contributed by atoms with Gasteiger partial charge in [-0.15, -0.1) is 0 Å². The van der Waals surface area contributed by atoms with Crippen molar-refractivity contribution in [3.8, 4) is 34.7 Å². The molecule has 4 atom stereocenters. The van der Waals surface area contributed by atoms with Gasteiger partial charge in [-0.2, -0.15) is 10.2 Å². The van der Waals surface area contributed by atoms with Crippen LogP contribution in [-0.2, 0) is 25.6 Å². The molecule has 1 aromatic heterocycles. The Morgan fingerprint density at radius 3 is 2.25 bits per heavy atom. The van der Waals surface area contributed by atoms with Crippen LogP contribution in [0.4, 0.5) is 0 Å². The van der Waals surface area contributed by atoms with Crippen molar-refractivity contribution in [2.45, 2.75) is 89.9 Å². The average molecular weight is 872 g/mol. The highest BCUT2D eigenvalue weighted by Crippen LogP contribution is 2.40. The number of rotatable bonds is 21. The molecule has 1 aliphatic heterocycles. The van der Waals surface area contributed by atoms with Crippen LogP contribution in [0.5, 0.6) is 17.5 Å². The summed E-state index contributed by atoms with van der Waals surface area (Å²) >= 11 is 0. The molecular weight excluding hydrogens is 811 g/mol. The Hall–Kier alpha value is -6.36. The standard InChI is InChI=1S/C44H61N11O8/c1-5-6-7-8-9-20-63-44-50-26-33(27(2)52-44)40(57)53-34(14-15-45)43(60)55(4)38-30-11-13-37(62-22-18-48)32(25-30)31-23-29(10-12-36(31)61-21-17-47)24-35(41(58)49-19-16-46)54-39(56)28(3)51-42(38)59/h10-13,23,25-26,28,34-35,38H,5-9,14-15,17-22,24,45,47-48H2,1-4H3,(H,49,58)(H,51,59)(H,53,57)(H,54,56)/t28-,34-,35-,38-/m0/s1. The lowest BCUT2D eigenvalue weighted by molar-refractivity contribution is -0.141. The topological polar surface area (TPSA) is 292 Å². The molecule has 3 aromatic rings. The minimum Gasteiger partial charge on any atom is -0.492 e. The zero-order valence-electron chi connectivity index (χ0n) is 36.5. The summed E-state index contributed by atoms with van der Waals surface area (Å²) < 4.78 is 17.9. The van der Waals surface area contributed by atoms with Crippen LogP contribution in [0.15, 0.2) is 42.6 Å². The van der Waals surface area contributed by atoms with Gasteiger partial charge in [0.05, 0.1) is 23.9 Å². The number of fused-ring (bicyclic) bond motifs is 5. The molecule has 4 bridgehead atoms. The Morgan fingerprint density at radius 2 is 1.60 bits per heavy atom. The van der Waals surface area contributed by atoms with Crippen molar-refractivity contribution in [2.24, 2.45) is 17.2 Å². The monoisotopic (exact) mass is 871 g/mol. The molecule has 0 saturated heterocycles. The van der Waals surface area contributed by atoms with Crippen molar-refractivity contribution in [3.05, 3.63) is 65.0 Å². The number of nitrogens with zero attached hydrogens (tertiary/aromatic N) is 4. The third kappa shape index (κ3) is 13.8. The zero-order chi connectivity index (χ0) is 45.9. The first-order valence-electron chi connectivity index (χ1n) is 21.3. The van der Waals surface area contributed by atoms with Crippen molar-refractivity contribution < 1.29 is 38.2 Å². The Morgan fingerprint density at radius 1 is 0.921 bits per heavy atom. The Labute approximate surface area is 368 Å². The number of nitrogens with one attached hydrogen (secondary N) is 4. The lowest BCUT2D eigenvalue weighted by Crippen LogP contribution is -2.56. The molecule has 2 heterocycles. The number of carbonyl (C=O) groups excluding carboxylic acids is 5. The number of carbonyl (C=O) groups is 5. The number of hydrogen-bond donors (Lipinski definition) is 7. The van der Waals surface area contributed by atoms with E-state index in [9.17, 15) is 24.0 Å². The van der Waals surface area contributed by atoms with Gasteiger partial charge in [0.25, 0.3) is 5.91 Å². The summed E-state index contributed by atoms with van der Waals surface area (Å²) in [6, 6.07) is 7.16. The van der Waals surface area contributed by atoms with Gasteiger partial charge in [-0.25, -0.2) is 4.98 Å². The van der Waals surface area contributed by atoms with Gasteiger partial charge in [0, 0.05) is 43.9 Å². The summed E-state index contributed by atoms with van der Waals surface area (Å²) in [5, 5.41) is 19.8. The molecule has 1 aliphatic rings. The predicted molar refractivity (Wildman–Crippen MR) is 234 cm³/mol. The van der Waals surface area contributed by atoms with Gasteiger partial charge in [0.1, 0.15) is 55.4 Å². The van der Waals surface area contributed by atoms with E-state index in [2.05, 4.69) is 38.2 Å². The molecule has 63 heavy (non-hydrogen) atoms. The molecular formula is C44H61N11O8. The molecule has 4 rings (SSSR count). The molecule has 0 radical (unpaired) electrons. The van der Waals surface area contributed by atoms with Crippen molar-refractivity contribution in [1.82, 2.24) is 36.1 Å². The van der Waals surface area contributed by atoms with Crippen LogP contribution >= 0.6 is 0 Å². The minimum atomic E-state index is -1.40. The first kappa shape index (κ1) is 49.3. The minimum absolute atomic E-state index is 0.00145. The third-order valence-electron chi connectivity index (χ3n) is 10.3. The highest BCUT2D eigenvalue weighted by atomic mass is 16.5. The molecule has 0 saturated carbocycles. The van der Waals surface area contributed by atoms with Crippen LogP contribution in [0.2, 0.25) is 0 Å². The number of nitriles is 1. The van der Waals surface area contributed by atoms with Crippen LogP contribution in [0.1, 0.15) is 85.6 Å². The Bertz CT molecular complexity index is 2090.